The van der Waals surface area contributed by atoms with Gasteiger partial charge in [-0.1, -0.05) is 52.4 Å². The fourth-order valence-electron chi connectivity index (χ4n) is 1.76. The van der Waals surface area contributed by atoms with Gasteiger partial charge < -0.3 is 0 Å². The maximum Gasteiger partial charge on any atom is 0.138 e. The van der Waals surface area contributed by atoms with Gasteiger partial charge in [0, 0.05) is 12.1 Å². The normalized spacial score (nSPS) is 27.1. The highest BCUT2D eigenvalue weighted by Crippen LogP contribution is 2.27. The Bertz CT molecular complexity index is 406. The van der Waals surface area contributed by atoms with Gasteiger partial charge in [-0.2, -0.15) is 0 Å². The van der Waals surface area contributed by atoms with Crippen molar-refractivity contribution in [3.8, 4) is 22.9 Å². The molecule has 0 unspecified atom stereocenters. The second kappa shape index (κ2) is 4.83. The second-order valence-corrected chi connectivity index (χ2v) is 38.8. The maximum atomic E-state index is 3.72. The smallest absolute Gasteiger partial charge is 0.134 e. The third kappa shape index (κ3) is 3.11. The van der Waals surface area contributed by atoms with Crippen LogP contribution in [0.2, 0.25) is 64.5 Å². The van der Waals surface area contributed by atoms with Crippen LogP contribution in [0.5, 0.6) is 0 Å². The fourth-order valence-corrected chi connectivity index (χ4v) is 11.6. The standard InChI is InChI=1S/C14H28Si4/c1-15(2)11-9-13-17(5,6)18(7,8)14-10-12-16(15,3)4/h11-12H2,1-8H3. The Morgan fingerprint density at radius 1 is 0.556 bits per heavy atom. The molecule has 1 aliphatic rings. The molecule has 0 fully saturated rings. The molecule has 0 aromatic heterocycles. The van der Waals surface area contributed by atoms with Crippen molar-refractivity contribution in [3.63, 3.8) is 0 Å². The zero-order valence-corrected chi connectivity index (χ0v) is 17.4. The quantitative estimate of drug-likeness (QED) is 0.467. The molecular formula is C14H28Si4. The van der Waals surface area contributed by atoms with E-state index in [2.05, 4.69) is 75.3 Å². The number of rotatable bonds is 0. The van der Waals surface area contributed by atoms with Crippen LogP contribution < -0.4 is 0 Å². The third-order valence-electron chi connectivity index (χ3n) is 5.26. The van der Waals surface area contributed by atoms with Crippen LogP contribution in [0.25, 0.3) is 0 Å². The van der Waals surface area contributed by atoms with E-state index in [1.54, 1.807) is 0 Å². The van der Waals surface area contributed by atoms with E-state index in [-0.39, 0.29) is 0 Å². The van der Waals surface area contributed by atoms with E-state index in [0.29, 0.717) is 0 Å². The monoisotopic (exact) mass is 308 g/mol. The molecule has 0 amide bonds. The Labute approximate surface area is 118 Å². The van der Waals surface area contributed by atoms with Gasteiger partial charge in [0.15, 0.2) is 0 Å². The molecule has 0 nitrogen and oxygen atoms in total. The summed E-state index contributed by atoms with van der Waals surface area (Å²) in [5, 5.41) is 0. The van der Waals surface area contributed by atoms with E-state index in [4.69, 9.17) is 0 Å². The molecule has 0 saturated heterocycles. The molecule has 0 radical (unpaired) electrons. The van der Waals surface area contributed by atoms with Gasteiger partial charge in [-0.15, -0.1) is 22.9 Å². The first kappa shape index (κ1) is 16.0. The van der Waals surface area contributed by atoms with Crippen LogP contribution >= 0.6 is 0 Å². The molecule has 0 aromatic rings. The van der Waals surface area contributed by atoms with Crippen molar-refractivity contribution >= 4 is 30.4 Å². The summed E-state index contributed by atoms with van der Waals surface area (Å²) in [6.45, 7) is 19.9. The lowest BCUT2D eigenvalue weighted by Crippen LogP contribution is -2.56. The summed E-state index contributed by atoms with van der Waals surface area (Å²) in [4.78, 5) is 0. The van der Waals surface area contributed by atoms with Crippen LogP contribution in [-0.4, -0.2) is 30.4 Å². The zero-order valence-electron chi connectivity index (χ0n) is 13.4. The molecule has 0 N–H and O–H groups in total. The summed E-state index contributed by atoms with van der Waals surface area (Å²) in [5.41, 5.74) is 7.43. The summed E-state index contributed by atoms with van der Waals surface area (Å²) >= 11 is 0. The van der Waals surface area contributed by atoms with Crippen molar-refractivity contribution in [2.24, 2.45) is 0 Å². The van der Waals surface area contributed by atoms with Crippen molar-refractivity contribution in [1.29, 1.82) is 0 Å². The molecule has 100 valence electrons. The molecule has 0 saturated carbocycles. The molecule has 1 rings (SSSR count). The van der Waals surface area contributed by atoms with Gasteiger partial charge in [-0.05, 0) is 0 Å². The Hall–Kier alpha value is -0.0125. The minimum absolute atomic E-state index is 1.16. The van der Waals surface area contributed by atoms with E-state index >= 15 is 0 Å². The zero-order chi connectivity index (χ0) is 14.2. The first-order chi connectivity index (χ1) is 7.91. The van der Waals surface area contributed by atoms with Gasteiger partial charge in [0.25, 0.3) is 0 Å². The van der Waals surface area contributed by atoms with Crippen LogP contribution in [0.15, 0.2) is 0 Å². The average molecular weight is 309 g/mol. The number of hydrogen-bond acceptors (Lipinski definition) is 0. The maximum absolute atomic E-state index is 3.72. The van der Waals surface area contributed by atoms with E-state index in [9.17, 15) is 0 Å². The molecule has 4 heteroatoms. The Balaban J connectivity index is 3.24. The molecule has 18 heavy (non-hydrogen) atoms. The molecular weight excluding hydrogens is 280 g/mol. The lowest BCUT2D eigenvalue weighted by atomic mass is 10.8. The van der Waals surface area contributed by atoms with Crippen molar-refractivity contribution in [2.45, 2.75) is 64.5 Å². The van der Waals surface area contributed by atoms with E-state index in [1.807, 2.05) is 0 Å². The van der Waals surface area contributed by atoms with Crippen molar-refractivity contribution in [3.05, 3.63) is 0 Å². The summed E-state index contributed by atoms with van der Waals surface area (Å²) in [6.07, 6.45) is 0. The second-order valence-electron chi connectivity index (χ2n) is 7.97. The minimum Gasteiger partial charge on any atom is -0.134 e. The van der Waals surface area contributed by atoms with E-state index < -0.39 is 30.4 Å². The average Bonchev–Trinajstić information content (AvgIpc) is 2.14. The Morgan fingerprint density at radius 2 is 0.833 bits per heavy atom. The third-order valence-corrected chi connectivity index (χ3v) is 37.9. The van der Waals surface area contributed by atoms with Gasteiger partial charge >= 0.3 is 0 Å². The van der Waals surface area contributed by atoms with Crippen LogP contribution in [0.4, 0.5) is 0 Å². The molecule has 0 bridgehead atoms. The molecule has 1 heterocycles. The summed E-state index contributed by atoms with van der Waals surface area (Å²) in [5.74, 6) is 7.24. The molecule has 0 atom stereocenters. The van der Waals surface area contributed by atoms with Gasteiger partial charge in [0.2, 0.25) is 0 Å². The van der Waals surface area contributed by atoms with Crippen molar-refractivity contribution in [2.75, 3.05) is 0 Å². The highest BCUT2D eigenvalue weighted by molar-refractivity contribution is 7.47. The first-order valence-corrected chi connectivity index (χ1v) is 21.3. The van der Waals surface area contributed by atoms with Crippen molar-refractivity contribution in [1.82, 2.24) is 0 Å². The van der Waals surface area contributed by atoms with E-state index in [1.165, 1.54) is 12.1 Å². The summed E-state index contributed by atoms with van der Waals surface area (Å²) in [7, 11) is -5.17. The van der Waals surface area contributed by atoms with Crippen LogP contribution in [0.1, 0.15) is 0 Å². The Kier molecular flexibility index (Phi) is 4.30. The van der Waals surface area contributed by atoms with Gasteiger partial charge in [0.1, 0.15) is 15.2 Å². The predicted molar refractivity (Wildman–Crippen MR) is 95.1 cm³/mol. The van der Waals surface area contributed by atoms with E-state index in [0.717, 1.165) is 0 Å². The van der Waals surface area contributed by atoms with Crippen molar-refractivity contribution < 1.29 is 0 Å². The SMILES string of the molecule is C[Si]1(C)C#CC[Si](C)(C)[Si](C)(C)CC#C[Si]1(C)C. The highest BCUT2D eigenvalue weighted by atomic mass is 29.3. The highest BCUT2D eigenvalue weighted by Gasteiger charge is 2.42. The van der Waals surface area contributed by atoms with Gasteiger partial charge in [-0.3, -0.25) is 0 Å². The molecule has 0 aliphatic carbocycles. The Morgan fingerprint density at radius 3 is 1.11 bits per heavy atom. The molecule has 1 aliphatic heterocycles. The van der Waals surface area contributed by atoms with Crippen LogP contribution in [0.3, 0.4) is 0 Å². The first-order valence-electron chi connectivity index (χ1n) is 6.91. The molecule has 0 aromatic carbocycles. The molecule has 0 spiro atoms. The lowest BCUT2D eigenvalue weighted by Gasteiger charge is -2.37. The number of hydrogen-bond donors (Lipinski definition) is 0. The van der Waals surface area contributed by atoms with Gasteiger partial charge in [0.05, 0.1) is 15.2 Å². The van der Waals surface area contributed by atoms with Crippen LogP contribution in [-0.2, 0) is 0 Å². The lowest BCUT2D eigenvalue weighted by molar-refractivity contribution is 1.55. The van der Waals surface area contributed by atoms with Gasteiger partial charge in [-0.25, -0.2) is 0 Å². The fraction of sp³-hybridized carbons (Fsp3) is 0.714. The minimum atomic E-state index is -1.42. The van der Waals surface area contributed by atoms with Crippen LogP contribution in [0, 0.1) is 22.9 Å². The summed E-state index contributed by atoms with van der Waals surface area (Å²) in [6, 6.07) is 2.41. The topological polar surface area (TPSA) is 0 Å². The predicted octanol–water partition coefficient (Wildman–Crippen LogP) is 4.08. The summed E-state index contributed by atoms with van der Waals surface area (Å²) < 4.78 is 0. The largest absolute Gasteiger partial charge is 0.138 e.